The number of carbonyl (C=O) groups excluding carboxylic acids is 1. The molecule has 0 aliphatic heterocycles. The highest BCUT2D eigenvalue weighted by molar-refractivity contribution is 7.81. The van der Waals surface area contributed by atoms with Gasteiger partial charge < -0.3 is 9.47 Å². The third kappa shape index (κ3) is 3.52. The van der Waals surface area contributed by atoms with Gasteiger partial charge in [0.05, 0.1) is 25.7 Å². The Morgan fingerprint density at radius 1 is 1.18 bits per heavy atom. The predicted molar refractivity (Wildman–Crippen MR) is 92.7 cm³/mol. The zero-order chi connectivity index (χ0) is 16.1. The lowest BCUT2D eigenvalue weighted by molar-refractivity contribution is -0.115. The van der Waals surface area contributed by atoms with E-state index in [4.69, 9.17) is 21.7 Å². The molecular formula is C18H18O3S. The average Bonchev–Trinajstić information content (AvgIpc) is 2.53. The summed E-state index contributed by atoms with van der Waals surface area (Å²) in [6.07, 6.45) is 10.5. The van der Waals surface area contributed by atoms with Crippen LogP contribution < -0.4 is 9.47 Å². The van der Waals surface area contributed by atoms with Gasteiger partial charge in [-0.25, -0.2) is 0 Å². The molecule has 22 heavy (non-hydrogen) atoms. The molecule has 0 saturated carbocycles. The molecular weight excluding hydrogens is 296 g/mol. The summed E-state index contributed by atoms with van der Waals surface area (Å²) in [4.78, 5) is 13.0. The van der Waals surface area contributed by atoms with Crippen molar-refractivity contribution >= 4 is 28.9 Å². The number of hydrogen-bond donors (Lipinski definition) is 0. The highest BCUT2D eigenvalue weighted by atomic mass is 32.1. The summed E-state index contributed by atoms with van der Waals surface area (Å²) in [5.74, 6) is 1.09. The molecule has 0 bridgehead atoms. The zero-order valence-corrected chi connectivity index (χ0v) is 13.6. The number of carbonyl (C=O) groups is 1. The molecule has 0 saturated heterocycles. The number of thiocarbonyl (C=S) groups is 1. The average molecular weight is 314 g/mol. The minimum absolute atomic E-state index is 0.0133. The van der Waals surface area contributed by atoms with Crippen LogP contribution >= 0.6 is 12.2 Å². The molecule has 1 aliphatic rings. The van der Waals surface area contributed by atoms with Crippen molar-refractivity contribution in [2.24, 2.45) is 5.92 Å². The minimum atomic E-state index is -0.273. The van der Waals surface area contributed by atoms with Gasteiger partial charge in [0.25, 0.3) is 0 Å². The maximum atomic E-state index is 12.2. The summed E-state index contributed by atoms with van der Waals surface area (Å²) >= 11 is 5.03. The second-order valence-electron chi connectivity index (χ2n) is 4.91. The molecule has 0 radical (unpaired) electrons. The summed E-state index contributed by atoms with van der Waals surface area (Å²) in [5, 5.41) is 0. The number of ether oxygens (including phenoxy) is 2. The molecule has 0 N–H and O–H groups in total. The maximum Gasteiger partial charge on any atom is 0.166 e. The van der Waals surface area contributed by atoms with Gasteiger partial charge in [0.1, 0.15) is 11.5 Å². The van der Waals surface area contributed by atoms with Gasteiger partial charge in [-0.1, -0.05) is 30.4 Å². The van der Waals surface area contributed by atoms with E-state index in [1.54, 1.807) is 50.7 Å². The first-order chi connectivity index (χ1) is 10.6. The van der Waals surface area contributed by atoms with Crippen molar-refractivity contribution in [3.63, 3.8) is 0 Å². The Labute approximate surface area is 135 Å². The largest absolute Gasteiger partial charge is 0.496 e. The van der Waals surface area contributed by atoms with Crippen molar-refractivity contribution in [2.45, 2.75) is 6.92 Å². The number of aryl methyl sites for hydroxylation is 1. The predicted octanol–water partition coefficient (Wildman–Crippen LogP) is 3.71. The Morgan fingerprint density at radius 2 is 1.86 bits per heavy atom. The maximum absolute atomic E-state index is 12.2. The van der Waals surface area contributed by atoms with Crippen LogP contribution in [0.15, 0.2) is 42.5 Å². The van der Waals surface area contributed by atoms with Crippen molar-refractivity contribution < 1.29 is 14.3 Å². The van der Waals surface area contributed by atoms with Crippen LogP contribution in [-0.4, -0.2) is 24.9 Å². The van der Waals surface area contributed by atoms with E-state index in [0.717, 1.165) is 16.0 Å². The first-order valence-corrected chi connectivity index (χ1v) is 7.31. The molecule has 0 heterocycles. The van der Waals surface area contributed by atoms with Crippen LogP contribution in [0.4, 0.5) is 0 Å². The topological polar surface area (TPSA) is 35.5 Å². The molecule has 114 valence electrons. The Bertz CT molecular complexity index is 668. The lowest BCUT2D eigenvalue weighted by Gasteiger charge is -2.13. The van der Waals surface area contributed by atoms with Crippen LogP contribution in [0.1, 0.15) is 11.1 Å². The van der Waals surface area contributed by atoms with Crippen LogP contribution in [0.5, 0.6) is 11.5 Å². The van der Waals surface area contributed by atoms with E-state index >= 15 is 0 Å². The second-order valence-corrected chi connectivity index (χ2v) is 5.39. The normalized spacial score (nSPS) is 14.6. The van der Waals surface area contributed by atoms with E-state index in [9.17, 15) is 4.79 Å². The number of rotatable bonds is 5. The van der Waals surface area contributed by atoms with Crippen LogP contribution in [0.25, 0.3) is 6.08 Å². The lowest BCUT2D eigenvalue weighted by Crippen LogP contribution is -2.09. The van der Waals surface area contributed by atoms with Gasteiger partial charge >= 0.3 is 0 Å². The monoisotopic (exact) mass is 314 g/mol. The number of hydrogen-bond acceptors (Lipinski definition) is 4. The van der Waals surface area contributed by atoms with Gasteiger partial charge in [-0.15, -0.1) is 0 Å². The first kappa shape index (κ1) is 16.2. The fourth-order valence-corrected chi connectivity index (χ4v) is 2.44. The van der Waals surface area contributed by atoms with Gasteiger partial charge in [-0.3, -0.25) is 4.79 Å². The molecule has 2 rings (SSSR count). The van der Waals surface area contributed by atoms with Gasteiger partial charge in [0.15, 0.2) is 5.78 Å². The van der Waals surface area contributed by atoms with Crippen molar-refractivity contribution in [2.75, 3.05) is 14.2 Å². The smallest absolute Gasteiger partial charge is 0.166 e. The van der Waals surface area contributed by atoms with Crippen LogP contribution in [0.2, 0.25) is 0 Å². The summed E-state index contributed by atoms with van der Waals surface area (Å²) in [6.45, 7) is 1.95. The van der Waals surface area contributed by atoms with Gasteiger partial charge in [-0.05, 0) is 42.9 Å². The fourth-order valence-electron chi connectivity index (χ4n) is 2.28. The van der Waals surface area contributed by atoms with E-state index in [1.165, 1.54) is 0 Å². The minimum Gasteiger partial charge on any atom is -0.496 e. The molecule has 0 aromatic heterocycles. The molecule has 0 atom stereocenters. The second kappa shape index (κ2) is 7.18. The fraction of sp³-hybridized carbons (Fsp3) is 0.222. The highest BCUT2D eigenvalue weighted by Gasteiger charge is 2.14. The van der Waals surface area contributed by atoms with E-state index in [-0.39, 0.29) is 11.7 Å². The zero-order valence-electron chi connectivity index (χ0n) is 12.8. The summed E-state index contributed by atoms with van der Waals surface area (Å²) < 4.78 is 10.8. The molecule has 0 fully saturated rings. The standard InChI is InChI=1S/C18H18O3S/c1-12-4-11-17(20-2)15(18(12)21-3)9-10-16(19)13-5-7-14(22)8-6-13/h4-11,13H,1-3H3/b10-9+. The summed E-state index contributed by atoms with van der Waals surface area (Å²) in [6, 6.07) is 3.78. The summed E-state index contributed by atoms with van der Waals surface area (Å²) in [5.41, 5.74) is 1.75. The van der Waals surface area contributed by atoms with Crippen molar-refractivity contribution in [1.82, 2.24) is 0 Å². The van der Waals surface area contributed by atoms with Gasteiger partial charge in [0.2, 0.25) is 0 Å². The van der Waals surface area contributed by atoms with Crippen LogP contribution in [-0.2, 0) is 4.79 Å². The SMILES string of the molecule is COc1ccc(C)c(OC)c1/C=C/C(=O)C1C=CC(=S)C=C1. The Balaban J connectivity index is 2.28. The van der Waals surface area contributed by atoms with Crippen molar-refractivity contribution in [3.8, 4) is 11.5 Å². The van der Waals surface area contributed by atoms with Crippen LogP contribution in [0, 0.1) is 12.8 Å². The highest BCUT2D eigenvalue weighted by Crippen LogP contribution is 2.33. The van der Waals surface area contributed by atoms with Gasteiger partial charge in [-0.2, -0.15) is 0 Å². The molecule has 3 nitrogen and oxygen atoms in total. The number of allylic oxidation sites excluding steroid dienone is 5. The Kier molecular flexibility index (Phi) is 5.28. The van der Waals surface area contributed by atoms with Crippen molar-refractivity contribution in [3.05, 3.63) is 53.6 Å². The van der Waals surface area contributed by atoms with Crippen molar-refractivity contribution in [1.29, 1.82) is 0 Å². The van der Waals surface area contributed by atoms with E-state index in [1.807, 2.05) is 19.1 Å². The molecule has 0 unspecified atom stereocenters. The lowest BCUT2D eigenvalue weighted by atomic mass is 9.97. The summed E-state index contributed by atoms with van der Waals surface area (Å²) in [7, 11) is 3.20. The number of benzene rings is 1. The molecule has 1 aromatic carbocycles. The third-order valence-electron chi connectivity index (χ3n) is 3.46. The van der Waals surface area contributed by atoms with E-state index in [2.05, 4.69) is 0 Å². The van der Waals surface area contributed by atoms with Crippen LogP contribution in [0.3, 0.4) is 0 Å². The molecule has 1 aliphatic carbocycles. The number of ketones is 1. The molecule has 4 heteroatoms. The Morgan fingerprint density at radius 3 is 2.45 bits per heavy atom. The third-order valence-corrected chi connectivity index (χ3v) is 3.73. The van der Waals surface area contributed by atoms with Gasteiger partial charge in [0, 0.05) is 4.86 Å². The Hall–Kier alpha value is -2.20. The molecule has 0 spiro atoms. The quantitative estimate of drug-likeness (QED) is 0.613. The molecule has 1 aromatic rings. The van der Waals surface area contributed by atoms with E-state index < -0.39 is 0 Å². The first-order valence-electron chi connectivity index (χ1n) is 6.90. The number of methoxy groups -OCH3 is 2. The van der Waals surface area contributed by atoms with E-state index in [0.29, 0.717) is 11.5 Å². The molecule has 0 amide bonds.